The van der Waals surface area contributed by atoms with E-state index in [0.717, 1.165) is 12.1 Å². The monoisotopic (exact) mass is 482 g/mol. The summed E-state index contributed by atoms with van der Waals surface area (Å²) in [5.41, 5.74) is 5.60. The molecule has 0 unspecified atom stereocenters. The Labute approximate surface area is 144 Å². The number of anilines is 2. The molecule has 0 fully saturated rings. The van der Waals surface area contributed by atoms with E-state index in [9.17, 15) is 13.6 Å². The first-order valence-electron chi connectivity index (χ1n) is 5.50. The van der Waals surface area contributed by atoms with Crippen LogP contribution >= 0.6 is 47.8 Å². The van der Waals surface area contributed by atoms with Crippen molar-refractivity contribution >= 4 is 65.1 Å². The van der Waals surface area contributed by atoms with E-state index in [1.54, 1.807) is 12.1 Å². The van der Waals surface area contributed by atoms with Crippen LogP contribution in [-0.4, -0.2) is 5.91 Å². The molecule has 0 aliphatic carbocycles. The van der Waals surface area contributed by atoms with E-state index in [0.29, 0.717) is 8.95 Å². The van der Waals surface area contributed by atoms with Crippen LogP contribution in [0.4, 0.5) is 20.2 Å². The van der Waals surface area contributed by atoms with E-state index in [1.807, 2.05) is 0 Å². The highest BCUT2D eigenvalue weighted by Gasteiger charge is 2.20. The Hall–Kier alpha value is -0.990. The molecule has 0 aliphatic rings. The molecule has 0 spiro atoms. The molecule has 0 atom stereocenters. The van der Waals surface area contributed by atoms with Crippen LogP contribution in [-0.2, 0) is 0 Å². The number of hydrogen-bond acceptors (Lipinski definition) is 2. The number of rotatable bonds is 2. The van der Waals surface area contributed by atoms with Crippen LogP contribution < -0.4 is 11.1 Å². The zero-order valence-corrected chi connectivity index (χ0v) is 14.9. The Morgan fingerprint density at radius 1 is 1.00 bits per heavy atom. The minimum atomic E-state index is -0.966. The molecule has 0 saturated carbocycles. The fraction of sp³-hybridized carbons (Fsp3) is 0. The van der Waals surface area contributed by atoms with Crippen molar-refractivity contribution in [1.82, 2.24) is 0 Å². The summed E-state index contributed by atoms with van der Waals surface area (Å²) < 4.78 is 28.9. The van der Waals surface area contributed by atoms with Crippen LogP contribution in [0.25, 0.3) is 0 Å². The molecule has 0 saturated heterocycles. The lowest BCUT2D eigenvalue weighted by molar-refractivity contribution is 0.101. The van der Waals surface area contributed by atoms with Crippen molar-refractivity contribution in [2.45, 2.75) is 0 Å². The smallest absolute Gasteiger partial charge is 0.261 e. The lowest BCUT2D eigenvalue weighted by atomic mass is 10.1. The molecule has 0 heterocycles. The Bertz CT molecular complexity index is 691. The highest BCUT2D eigenvalue weighted by molar-refractivity contribution is 9.11. The second kappa shape index (κ2) is 6.41. The SMILES string of the molecule is Nc1cc(Br)cc(Br)c1NC(=O)c1c(F)cc(Br)cc1F. The Morgan fingerprint density at radius 3 is 2.05 bits per heavy atom. The minimum absolute atomic E-state index is 0.207. The van der Waals surface area contributed by atoms with E-state index in [-0.39, 0.29) is 15.8 Å². The molecule has 3 N–H and O–H groups in total. The molecule has 2 aromatic rings. The van der Waals surface area contributed by atoms with Gasteiger partial charge in [0.05, 0.1) is 11.4 Å². The normalized spacial score (nSPS) is 10.5. The summed E-state index contributed by atoms with van der Waals surface area (Å²) in [6, 6.07) is 5.24. The molecule has 0 radical (unpaired) electrons. The molecule has 3 nitrogen and oxygen atoms in total. The first kappa shape index (κ1) is 16.4. The van der Waals surface area contributed by atoms with Crippen molar-refractivity contribution in [2.24, 2.45) is 0 Å². The van der Waals surface area contributed by atoms with Gasteiger partial charge in [0, 0.05) is 13.4 Å². The van der Waals surface area contributed by atoms with Gasteiger partial charge in [-0.3, -0.25) is 4.79 Å². The fourth-order valence-electron chi connectivity index (χ4n) is 1.66. The van der Waals surface area contributed by atoms with Crippen molar-refractivity contribution in [3.05, 3.63) is 54.9 Å². The number of nitrogens with one attached hydrogen (secondary N) is 1. The van der Waals surface area contributed by atoms with Gasteiger partial charge in [-0.2, -0.15) is 0 Å². The lowest BCUT2D eigenvalue weighted by Crippen LogP contribution is -2.17. The Balaban J connectivity index is 2.40. The molecule has 2 aromatic carbocycles. The van der Waals surface area contributed by atoms with E-state index in [1.165, 1.54) is 0 Å². The van der Waals surface area contributed by atoms with Crippen LogP contribution in [0.1, 0.15) is 10.4 Å². The summed E-state index contributed by atoms with van der Waals surface area (Å²) >= 11 is 9.42. The zero-order chi connectivity index (χ0) is 15.7. The maximum atomic E-state index is 13.7. The summed E-state index contributed by atoms with van der Waals surface area (Å²) in [5, 5.41) is 2.40. The van der Waals surface area contributed by atoms with Gasteiger partial charge in [-0.25, -0.2) is 8.78 Å². The van der Waals surface area contributed by atoms with E-state index < -0.39 is 23.1 Å². The number of halogens is 5. The highest BCUT2D eigenvalue weighted by Crippen LogP contribution is 2.33. The van der Waals surface area contributed by atoms with Crippen molar-refractivity contribution in [2.75, 3.05) is 11.1 Å². The third kappa shape index (κ3) is 3.61. The Morgan fingerprint density at radius 2 is 1.52 bits per heavy atom. The van der Waals surface area contributed by atoms with Crippen LogP contribution in [0.3, 0.4) is 0 Å². The fourth-order valence-corrected chi connectivity index (χ4v) is 3.42. The number of nitrogens with two attached hydrogens (primary N) is 1. The van der Waals surface area contributed by atoms with E-state index >= 15 is 0 Å². The highest BCUT2D eigenvalue weighted by atomic mass is 79.9. The van der Waals surface area contributed by atoms with Gasteiger partial charge in [-0.1, -0.05) is 31.9 Å². The topological polar surface area (TPSA) is 55.1 Å². The quantitative estimate of drug-likeness (QED) is 0.584. The summed E-state index contributed by atoms with van der Waals surface area (Å²) in [6.45, 7) is 0. The molecule has 1 amide bonds. The van der Waals surface area contributed by atoms with Gasteiger partial charge in [-0.05, 0) is 40.2 Å². The standard InChI is InChI=1S/C13H7Br3F2N2O/c14-5-1-7(16)12(10(19)4-5)20-13(21)11-8(17)2-6(15)3-9(11)18/h1-4H,19H2,(H,20,21). The largest absolute Gasteiger partial charge is 0.397 e. The third-order valence-electron chi connectivity index (χ3n) is 2.56. The molecular formula is C13H7Br3F2N2O. The first-order chi connectivity index (χ1) is 9.79. The van der Waals surface area contributed by atoms with Gasteiger partial charge < -0.3 is 11.1 Å². The third-order valence-corrected chi connectivity index (χ3v) is 4.10. The number of nitrogen functional groups attached to an aromatic ring is 1. The van der Waals surface area contributed by atoms with Crippen molar-refractivity contribution in [3.8, 4) is 0 Å². The van der Waals surface area contributed by atoms with Crippen molar-refractivity contribution in [1.29, 1.82) is 0 Å². The molecule has 0 aliphatic heterocycles. The van der Waals surface area contributed by atoms with E-state index in [2.05, 4.69) is 53.1 Å². The Kier molecular flexibility index (Phi) is 5.00. The maximum Gasteiger partial charge on any atom is 0.261 e. The van der Waals surface area contributed by atoms with Crippen LogP contribution in [0.5, 0.6) is 0 Å². The summed E-state index contributed by atoms with van der Waals surface area (Å²) in [4.78, 5) is 12.1. The molecule has 8 heteroatoms. The van der Waals surface area contributed by atoms with Gasteiger partial charge >= 0.3 is 0 Å². The van der Waals surface area contributed by atoms with Crippen LogP contribution in [0.15, 0.2) is 37.7 Å². The number of benzene rings is 2. The van der Waals surface area contributed by atoms with E-state index in [4.69, 9.17) is 5.73 Å². The molecular weight excluding hydrogens is 478 g/mol. The number of carbonyl (C=O) groups is 1. The molecule has 21 heavy (non-hydrogen) atoms. The minimum Gasteiger partial charge on any atom is -0.397 e. The maximum absolute atomic E-state index is 13.7. The van der Waals surface area contributed by atoms with Gasteiger partial charge in [0.2, 0.25) is 0 Å². The first-order valence-corrected chi connectivity index (χ1v) is 7.88. The lowest BCUT2D eigenvalue weighted by Gasteiger charge is -2.12. The molecule has 110 valence electrons. The van der Waals surface area contributed by atoms with Crippen molar-refractivity contribution in [3.63, 3.8) is 0 Å². The number of amides is 1. The zero-order valence-electron chi connectivity index (χ0n) is 10.2. The van der Waals surface area contributed by atoms with Gasteiger partial charge in [0.25, 0.3) is 5.91 Å². The van der Waals surface area contributed by atoms with Crippen LogP contribution in [0.2, 0.25) is 0 Å². The summed E-state index contributed by atoms with van der Waals surface area (Å²) in [6.07, 6.45) is 0. The average Bonchev–Trinajstić information content (AvgIpc) is 2.32. The summed E-state index contributed by atoms with van der Waals surface area (Å²) in [5.74, 6) is -2.86. The molecule has 0 bridgehead atoms. The second-order valence-electron chi connectivity index (χ2n) is 4.05. The predicted octanol–water partition coefficient (Wildman–Crippen LogP) is 5.09. The van der Waals surface area contributed by atoms with Gasteiger partial charge in [0.15, 0.2) is 0 Å². The van der Waals surface area contributed by atoms with Crippen molar-refractivity contribution < 1.29 is 13.6 Å². The van der Waals surface area contributed by atoms with Crippen LogP contribution in [0, 0.1) is 11.6 Å². The predicted molar refractivity (Wildman–Crippen MR) is 88.3 cm³/mol. The number of hydrogen-bond donors (Lipinski definition) is 2. The summed E-state index contributed by atoms with van der Waals surface area (Å²) in [7, 11) is 0. The molecule has 0 aromatic heterocycles. The van der Waals surface area contributed by atoms with Gasteiger partial charge in [-0.15, -0.1) is 0 Å². The second-order valence-corrected chi connectivity index (χ2v) is 6.74. The number of carbonyl (C=O) groups excluding carboxylic acids is 1. The molecule has 2 rings (SSSR count). The average molecular weight is 485 g/mol. The van der Waals surface area contributed by atoms with Gasteiger partial charge in [0.1, 0.15) is 17.2 Å².